The van der Waals surface area contributed by atoms with Crippen molar-refractivity contribution in [3.8, 4) is 0 Å². The monoisotopic (exact) mass is 522 g/mol. The Morgan fingerprint density at radius 2 is 1.86 bits per heavy atom. The molecule has 2 aliphatic rings. The number of aliphatic imine (C=N–C) groups is 1. The topological polar surface area (TPSA) is 46.1 Å². The Kier molecular flexibility index (Phi) is 9.84. The summed E-state index contributed by atoms with van der Waals surface area (Å²) in [6.07, 6.45) is 0.885. The van der Waals surface area contributed by atoms with Crippen LogP contribution in [0.2, 0.25) is 0 Å². The molecule has 29 heavy (non-hydrogen) atoms. The van der Waals surface area contributed by atoms with E-state index in [1.165, 1.54) is 12.1 Å². The maximum atomic E-state index is 14.0. The lowest BCUT2D eigenvalue weighted by molar-refractivity contribution is 0.139. The molecule has 0 amide bonds. The third kappa shape index (κ3) is 6.92. The fourth-order valence-corrected chi connectivity index (χ4v) is 3.88. The lowest BCUT2D eigenvalue weighted by Crippen LogP contribution is -2.50. The predicted molar refractivity (Wildman–Crippen MR) is 125 cm³/mol. The summed E-state index contributed by atoms with van der Waals surface area (Å²) in [5.74, 6) is -0.277. The zero-order chi connectivity index (χ0) is 19.9. The van der Waals surface area contributed by atoms with Gasteiger partial charge in [-0.05, 0) is 25.1 Å². The van der Waals surface area contributed by atoms with Crippen LogP contribution in [0.5, 0.6) is 0 Å². The zero-order valence-electron chi connectivity index (χ0n) is 17.3. The van der Waals surface area contributed by atoms with E-state index in [0.29, 0.717) is 12.2 Å². The Labute approximate surface area is 189 Å². The minimum Gasteiger partial charge on any atom is -0.367 e. The van der Waals surface area contributed by atoms with Crippen LogP contribution in [0.25, 0.3) is 0 Å². The minimum absolute atomic E-state index is 0. The second kappa shape index (κ2) is 11.8. The van der Waals surface area contributed by atoms with Crippen LogP contribution in [0.1, 0.15) is 13.3 Å². The first-order valence-electron chi connectivity index (χ1n) is 10.2. The summed E-state index contributed by atoms with van der Waals surface area (Å²) in [5.41, 5.74) is 0.458. The molecule has 0 radical (unpaired) electrons. The lowest BCUT2D eigenvalue weighted by atomic mass is 10.2. The number of likely N-dealkylation sites (N-methyl/N-ethyl adjacent to an activating group) is 1. The van der Waals surface area contributed by atoms with Gasteiger partial charge in [0.05, 0.1) is 5.69 Å². The van der Waals surface area contributed by atoms with Crippen molar-refractivity contribution in [1.29, 1.82) is 0 Å². The van der Waals surface area contributed by atoms with Crippen molar-refractivity contribution in [3.63, 3.8) is 0 Å². The SMILES string of the molecule is CCN1CCN(CCNC(=NC)NC2CCN(c3ccc(F)cc3F)C2)CC1.I. The Morgan fingerprint density at radius 3 is 2.52 bits per heavy atom. The number of nitrogens with one attached hydrogen (secondary N) is 2. The van der Waals surface area contributed by atoms with Crippen LogP contribution in [0, 0.1) is 11.6 Å². The molecule has 0 bridgehead atoms. The highest BCUT2D eigenvalue weighted by molar-refractivity contribution is 14.0. The van der Waals surface area contributed by atoms with Crippen LogP contribution in [0.15, 0.2) is 23.2 Å². The molecule has 2 fully saturated rings. The molecule has 164 valence electrons. The van der Waals surface area contributed by atoms with Gasteiger partial charge in [0.2, 0.25) is 0 Å². The van der Waals surface area contributed by atoms with Crippen LogP contribution in [0.4, 0.5) is 14.5 Å². The van der Waals surface area contributed by atoms with Crippen molar-refractivity contribution in [2.45, 2.75) is 19.4 Å². The highest BCUT2D eigenvalue weighted by atomic mass is 127. The van der Waals surface area contributed by atoms with Gasteiger partial charge in [-0.1, -0.05) is 6.92 Å². The van der Waals surface area contributed by atoms with Crippen LogP contribution in [0.3, 0.4) is 0 Å². The standard InChI is InChI=1S/C20H32F2N6.HI/c1-3-26-10-12-27(13-11-26)9-7-24-20(23-2)25-17-6-8-28(15-17)19-5-4-16(21)14-18(19)22;/h4-5,14,17H,3,6-13,15H2,1-2H3,(H2,23,24,25);1H. The van der Waals surface area contributed by atoms with Gasteiger partial charge >= 0.3 is 0 Å². The number of rotatable bonds is 6. The van der Waals surface area contributed by atoms with Crippen LogP contribution in [-0.2, 0) is 0 Å². The lowest BCUT2D eigenvalue weighted by Gasteiger charge is -2.34. The molecule has 1 aromatic rings. The molecule has 3 rings (SSSR count). The van der Waals surface area contributed by atoms with Crippen molar-refractivity contribution in [2.75, 3.05) is 70.9 Å². The fraction of sp³-hybridized carbons (Fsp3) is 0.650. The van der Waals surface area contributed by atoms with Gasteiger partial charge < -0.3 is 20.4 Å². The van der Waals surface area contributed by atoms with Gasteiger partial charge in [0.1, 0.15) is 11.6 Å². The normalized spacial score (nSPS) is 21.2. The first-order valence-corrected chi connectivity index (χ1v) is 10.2. The molecule has 6 nitrogen and oxygen atoms in total. The summed E-state index contributed by atoms with van der Waals surface area (Å²) in [5, 5.41) is 6.81. The molecule has 0 aromatic heterocycles. The number of benzene rings is 1. The van der Waals surface area contributed by atoms with Gasteiger partial charge in [-0.3, -0.25) is 9.89 Å². The van der Waals surface area contributed by atoms with Crippen LogP contribution >= 0.6 is 24.0 Å². The second-order valence-electron chi connectivity index (χ2n) is 7.45. The maximum absolute atomic E-state index is 14.0. The number of anilines is 1. The van der Waals surface area contributed by atoms with E-state index < -0.39 is 11.6 Å². The molecule has 0 saturated carbocycles. The van der Waals surface area contributed by atoms with Crippen LogP contribution in [-0.4, -0.2) is 87.8 Å². The summed E-state index contributed by atoms with van der Waals surface area (Å²) in [6, 6.07) is 3.94. The smallest absolute Gasteiger partial charge is 0.191 e. The Morgan fingerprint density at radius 1 is 1.14 bits per heavy atom. The number of piperazine rings is 1. The summed E-state index contributed by atoms with van der Waals surface area (Å²) >= 11 is 0. The van der Waals surface area contributed by atoms with E-state index in [-0.39, 0.29) is 30.0 Å². The first kappa shape index (κ1) is 24.1. The third-order valence-electron chi connectivity index (χ3n) is 5.64. The average Bonchev–Trinajstić information content (AvgIpc) is 3.16. The molecular formula is C20H33F2IN6. The first-order chi connectivity index (χ1) is 13.6. The molecule has 2 heterocycles. The van der Waals surface area contributed by atoms with E-state index >= 15 is 0 Å². The highest BCUT2D eigenvalue weighted by Gasteiger charge is 2.25. The molecule has 1 atom stereocenters. The van der Waals surface area contributed by atoms with Crippen LogP contribution < -0.4 is 15.5 Å². The van der Waals surface area contributed by atoms with Crippen molar-refractivity contribution in [1.82, 2.24) is 20.4 Å². The molecule has 1 unspecified atom stereocenters. The molecule has 2 N–H and O–H groups in total. The largest absolute Gasteiger partial charge is 0.367 e. The van der Waals surface area contributed by atoms with E-state index in [2.05, 4.69) is 32.3 Å². The molecular weight excluding hydrogens is 489 g/mol. The molecule has 2 saturated heterocycles. The van der Waals surface area contributed by atoms with E-state index in [1.54, 1.807) is 7.05 Å². The van der Waals surface area contributed by atoms with Gasteiger partial charge in [-0.25, -0.2) is 8.78 Å². The summed E-state index contributed by atoms with van der Waals surface area (Å²) in [4.78, 5) is 11.2. The van der Waals surface area contributed by atoms with Crippen molar-refractivity contribution in [2.24, 2.45) is 4.99 Å². The van der Waals surface area contributed by atoms with Crippen molar-refractivity contribution in [3.05, 3.63) is 29.8 Å². The third-order valence-corrected chi connectivity index (χ3v) is 5.64. The Balaban J connectivity index is 0.00000300. The fourth-order valence-electron chi connectivity index (χ4n) is 3.88. The van der Waals surface area contributed by atoms with E-state index in [0.717, 1.165) is 70.8 Å². The number of guanidine groups is 1. The van der Waals surface area contributed by atoms with E-state index in [1.807, 2.05) is 4.90 Å². The molecule has 0 aliphatic carbocycles. The minimum atomic E-state index is -0.546. The Hall–Kier alpha value is -1.20. The van der Waals surface area contributed by atoms with E-state index in [9.17, 15) is 8.78 Å². The number of hydrogen-bond acceptors (Lipinski definition) is 4. The summed E-state index contributed by atoms with van der Waals surface area (Å²) in [7, 11) is 1.77. The summed E-state index contributed by atoms with van der Waals surface area (Å²) < 4.78 is 27.1. The quantitative estimate of drug-likeness (QED) is 0.340. The summed E-state index contributed by atoms with van der Waals surface area (Å²) in [6.45, 7) is 11.1. The maximum Gasteiger partial charge on any atom is 0.191 e. The second-order valence-corrected chi connectivity index (χ2v) is 7.45. The van der Waals surface area contributed by atoms with Gasteiger partial charge in [-0.2, -0.15) is 0 Å². The molecule has 1 aromatic carbocycles. The molecule has 0 spiro atoms. The van der Waals surface area contributed by atoms with Gasteiger partial charge in [-0.15, -0.1) is 24.0 Å². The number of halogens is 3. The van der Waals surface area contributed by atoms with Gasteiger partial charge in [0.25, 0.3) is 0 Å². The van der Waals surface area contributed by atoms with Gasteiger partial charge in [0.15, 0.2) is 5.96 Å². The van der Waals surface area contributed by atoms with E-state index in [4.69, 9.17) is 0 Å². The number of hydrogen-bond donors (Lipinski definition) is 2. The average molecular weight is 522 g/mol. The van der Waals surface area contributed by atoms with Gasteiger partial charge in [0, 0.05) is 71.5 Å². The molecule has 2 aliphatic heterocycles. The zero-order valence-corrected chi connectivity index (χ0v) is 19.7. The highest BCUT2D eigenvalue weighted by Crippen LogP contribution is 2.24. The predicted octanol–water partition coefficient (Wildman–Crippen LogP) is 1.96. The van der Waals surface area contributed by atoms with Crippen molar-refractivity contribution >= 4 is 35.6 Å². The Bertz CT molecular complexity index is 666. The van der Waals surface area contributed by atoms with Crippen molar-refractivity contribution < 1.29 is 8.78 Å². The molecule has 9 heteroatoms. The number of nitrogens with zero attached hydrogens (tertiary/aromatic N) is 4.